The molecule has 1 saturated heterocycles. The molecule has 1 aliphatic rings. The number of carbonyl (C=O) groups is 1. The van der Waals surface area contributed by atoms with Crippen molar-refractivity contribution >= 4 is 34.4 Å². The third-order valence-corrected chi connectivity index (χ3v) is 5.69. The Morgan fingerprint density at radius 3 is 2.52 bits per heavy atom. The van der Waals surface area contributed by atoms with Gasteiger partial charge in [-0.05, 0) is 30.3 Å². The molecule has 0 unspecified atom stereocenters. The highest BCUT2D eigenvalue weighted by Gasteiger charge is 2.26. The van der Waals surface area contributed by atoms with Crippen LogP contribution in [0.4, 0.5) is 10.2 Å². The van der Waals surface area contributed by atoms with Crippen molar-refractivity contribution in [1.29, 1.82) is 0 Å². The molecule has 0 atom stereocenters. The van der Waals surface area contributed by atoms with Crippen LogP contribution in [-0.4, -0.2) is 56.7 Å². The fourth-order valence-electron chi connectivity index (χ4n) is 3.80. The summed E-state index contributed by atoms with van der Waals surface area (Å²) in [4.78, 5) is 25.6. The minimum absolute atomic E-state index is 0.123. The second-order valence-electron chi connectivity index (χ2n) is 7.23. The highest BCUT2D eigenvalue weighted by Crippen LogP contribution is 2.26. The number of anilines is 1. The Bertz CT molecular complexity index is 1250. The van der Waals surface area contributed by atoms with Crippen molar-refractivity contribution in [2.45, 2.75) is 0 Å². The molecule has 1 amide bonds. The number of aromatic nitrogens is 4. The van der Waals surface area contributed by atoms with Gasteiger partial charge in [0.1, 0.15) is 18.0 Å². The van der Waals surface area contributed by atoms with Gasteiger partial charge in [0.05, 0.1) is 27.9 Å². The molecule has 0 aliphatic carbocycles. The van der Waals surface area contributed by atoms with Gasteiger partial charge < -0.3 is 9.80 Å². The number of benzene rings is 2. The van der Waals surface area contributed by atoms with E-state index in [0.717, 1.165) is 28.6 Å². The third-order valence-electron chi connectivity index (χ3n) is 5.37. The van der Waals surface area contributed by atoms with E-state index in [2.05, 4.69) is 20.0 Å². The van der Waals surface area contributed by atoms with Gasteiger partial charge in [-0.1, -0.05) is 29.8 Å². The van der Waals surface area contributed by atoms with E-state index >= 15 is 0 Å². The van der Waals surface area contributed by atoms with Crippen LogP contribution in [0.15, 0.2) is 61.1 Å². The third kappa shape index (κ3) is 3.59. The van der Waals surface area contributed by atoms with Gasteiger partial charge in [-0.3, -0.25) is 4.79 Å². The van der Waals surface area contributed by atoms with Crippen molar-refractivity contribution in [1.82, 2.24) is 24.6 Å². The molecular weight excluding hydrogens is 419 g/mol. The van der Waals surface area contributed by atoms with E-state index in [9.17, 15) is 9.18 Å². The molecule has 0 spiro atoms. The van der Waals surface area contributed by atoms with Crippen LogP contribution < -0.4 is 4.90 Å². The van der Waals surface area contributed by atoms with Gasteiger partial charge in [0, 0.05) is 26.2 Å². The molecule has 7 nitrogen and oxygen atoms in total. The average Bonchev–Trinajstić information content (AvgIpc) is 3.24. The van der Waals surface area contributed by atoms with Gasteiger partial charge in [-0.2, -0.15) is 5.10 Å². The van der Waals surface area contributed by atoms with E-state index in [4.69, 9.17) is 11.6 Å². The molecule has 31 heavy (non-hydrogen) atoms. The molecule has 1 aliphatic heterocycles. The number of hydrogen-bond acceptors (Lipinski definition) is 5. The molecule has 156 valence electrons. The molecule has 0 N–H and O–H groups in total. The lowest BCUT2D eigenvalue weighted by Gasteiger charge is -2.35. The molecule has 2 aromatic carbocycles. The number of carbonyl (C=O) groups excluding carboxylic acids is 1. The molecule has 4 aromatic rings. The zero-order chi connectivity index (χ0) is 21.4. The normalized spacial score (nSPS) is 14.3. The lowest BCUT2D eigenvalue weighted by Crippen LogP contribution is -2.49. The van der Waals surface area contributed by atoms with E-state index < -0.39 is 5.82 Å². The highest BCUT2D eigenvalue weighted by molar-refractivity contribution is 6.33. The Kier molecular flexibility index (Phi) is 4.99. The predicted molar refractivity (Wildman–Crippen MR) is 116 cm³/mol. The fraction of sp³-hybridized carbons (Fsp3) is 0.182. The maximum atomic E-state index is 13.3. The molecule has 3 heterocycles. The number of fused-ring (bicyclic) bond motifs is 1. The van der Waals surface area contributed by atoms with Crippen molar-refractivity contribution in [2.75, 3.05) is 31.1 Å². The van der Waals surface area contributed by atoms with Crippen LogP contribution in [0.5, 0.6) is 0 Å². The van der Waals surface area contributed by atoms with Gasteiger partial charge in [0.25, 0.3) is 5.91 Å². The summed E-state index contributed by atoms with van der Waals surface area (Å²) in [5.41, 5.74) is 1.96. The van der Waals surface area contributed by atoms with E-state index in [1.807, 2.05) is 30.3 Å². The number of amides is 1. The van der Waals surface area contributed by atoms with Crippen LogP contribution in [0.25, 0.3) is 16.7 Å². The number of halogens is 2. The zero-order valence-electron chi connectivity index (χ0n) is 16.4. The first-order valence-electron chi connectivity index (χ1n) is 9.85. The molecule has 0 saturated carbocycles. The molecular formula is C22H18ClFN6O. The zero-order valence-corrected chi connectivity index (χ0v) is 17.2. The van der Waals surface area contributed by atoms with Crippen LogP contribution in [0.3, 0.4) is 0 Å². The summed E-state index contributed by atoms with van der Waals surface area (Å²) >= 11 is 6.06. The SMILES string of the molecule is O=C(c1ccc(F)cc1Cl)N1CCN(c2ncnc3c2cnn3-c2ccccc2)CC1. The smallest absolute Gasteiger partial charge is 0.255 e. The lowest BCUT2D eigenvalue weighted by molar-refractivity contribution is 0.0746. The van der Waals surface area contributed by atoms with Gasteiger partial charge in [-0.15, -0.1) is 0 Å². The summed E-state index contributed by atoms with van der Waals surface area (Å²) < 4.78 is 15.1. The largest absolute Gasteiger partial charge is 0.352 e. The number of rotatable bonds is 3. The molecule has 0 radical (unpaired) electrons. The number of piperazine rings is 1. The number of hydrogen-bond donors (Lipinski definition) is 0. The summed E-state index contributed by atoms with van der Waals surface area (Å²) in [6, 6.07) is 13.6. The summed E-state index contributed by atoms with van der Waals surface area (Å²) in [5, 5.41) is 5.48. The monoisotopic (exact) mass is 436 g/mol. The van der Waals surface area contributed by atoms with Crippen LogP contribution >= 0.6 is 11.6 Å². The minimum atomic E-state index is -0.463. The van der Waals surface area contributed by atoms with Gasteiger partial charge in [0.2, 0.25) is 0 Å². The quantitative estimate of drug-likeness (QED) is 0.491. The first-order chi connectivity index (χ1) is 15.1. The summed E-state index contributed by atoms with van der Waals surface area (Å²) in [7, 11) is 0. The molecule has 0 bridgehead atoms. The van der Waals surface area contributed by atoms with Crippen LogP contribution in [0.2, 0.25) is 5.02 Å². The lowest BCUT2D eigenvalue weighted by atomic mass is 10.1. The number of para-hydroxylation sites is 1. The van der Waals surface area contributed by atoms with Crippen molar-refractivity contribution in [3.05, 3.63) is 77.5 Å². The first kappa shape index (κ1) is 19.4. The Morgan fingerprint density at radius 2 is 1.77 bits per heavy atom. The molecule has 2 aromatic heterocycles. The summed E-state index contributed by atoms with van der Waals surface area (Å²) in [6.45, 7) is 2.22. The maximum Gasteiger partial charge on any atom is 0.255 e. The second-order valence-corrected chi connectivity index (χ2v) is 7.64. The fourth-order valence-corrected chi connectivity index (χ4v) is 4.04. The van der Waals surface area contributed by atoms with E-state index in [-0.39, 0.29) is 10.9 Å². The Labute approximate surface area is 182 Å². The summed E-state index contributed by atoms with van der Waals surface area (Å²) in [5.74, 6) is 0.128. The van der Waals surface area contributed by atoms with E-state index in [1.54, 1.807) is 15.8 Å². The van der Waals surface area contributed by atoms with Gasteiger partial charge in [0.15, 0.2) is 5.65 Å². The molecule has 5 rings (SSSR count). The Morgan fingerprint density at radius 1 is 1.00 bits per heavy atom. The van der Waals surface area contributed by atoms with Crippen molar-refractivity contribution in [3.8, 4) is 5.69 Å². The molecule has 9 heteroatoms. The molecule has 1 fully saturated rings. The van der Waals surface area contributed by atoms with E-state index in [1.165, 1.54) is 18.5 Å². The predicted octanol–water partition coefficient (Wildman–Crippen LogP) is 3.57. The van der Waals surface area contributed by atoms with E-state index in [0.29, 0.717) is 31.7 Å². The average molecular weight is 437 g/mol. The van der Waals surface area contributed by atoms with Crippen molar-refractivity contribution in [3.63, 3.8) is 0 Å². The second kappa shape index (κ2) is 7.96. The Hall–Kier alpha value is -3.52. The minimum Gasteiger partial charge on any atom is -0.352 e. The number of nitrogens with zero attached hydrogens (tertiary/aromatic N) is 6. The van der Waals surface area contributed by atoms with Crippen molar-refractivity contribution in [2.24, 2.45) is 0 Å². The van der Waals surface area contributed by atoms with Gasteiger partial charge in [-0.25, -0.2) is 19.0 Å². The summed E-state index contributed by atoms with van der Waals surface area (Å²) in [6.07, 6.45) is 3.31. The first-order valence-corrected chi connectivity index (χ1v) is 10.2. The topological polar surface area (TPSA) is 67.2 Å². The highest BCUT2D eigenvalue weighted by atomic mass is 35.5. The van der Waals surface area contributed by atoms with Crippen LogP contribution in [0, 0.1) is 5.82 Å². The Balaban J connectivity index is 1.36. The van der Waals surface area contributed by atoms with Crippen LogP contribution in [-0.2, 0) is 0 Å². The van der Waals surface area contributed by atoms with Gasteiger partial charge >= 0.3 is 0 Å². The van der Waals surface area contributed by atoms with Crippen molar-refractivity contribution < 1.29 is 9.18 Å². The standard InChI is InChI=1S/C22H18ClFN6O/c23-19-12-15(24)6-7-17(19)22(31)29-10-8-28(9-11-29)20-18-13-27-30(21(18)26-14-25-20)16-4-2-1-3-5-16/h1-7,12-14H,8-11H2. The maximum absolute atomic E-state index is 13.3. The van der Waals surface area contributed by atoms with Crippen LogP contribution in [0.1, 0.15) is 10.4 Å².